The lowest BCUT2D eigenvalue weighted by Gasteiger charge is -2.08. The van der Waals surface area contributed by atoms with Crippen LogP contribution in [0.25, 0.3) is 42.3 Å². The fourth-order valence-electron chi connectivity index (χ4n) is 3.23. The third-order valence-electron chi connectivity index (χ3n) is 4.35. The zero-order chi connectivity index (χ0) is 16.1. The molecule has 0 radical (unpaired) electrons. The predicted molar refractivity (Wildman–Crippen MR) is 102 cm³/mol. The van der Waals surface area contributed by atoms with Gasteiger partial charge in [-0.2, -0.15) is 0 Å². The molecule has 3 aromatic carbocycles. The first kappa shape index (κ1) is 13.5. The van der Waals surface area contributed by atoms with E-state index in [1.165, 1.54) is 10.8 Å². The smallest absolute Gasteiger partial charge is 0.117 e. The Bertz CT molecular complexity index is 1220. The van der Waals surface area contributed by atoms with Crippen LogP contribution in [0.15, 0.2) is 72.8 Å². The van der Waals surface area contributed by atoms with Gasteiger partial charge >= 0.3 is 0 Å². The molecule has 0 amide bonds. The van der Waals surface area contributed by atoms with E-state index in [1.54, 1.807) is 17.4 Å². The normalized spacial score (nSPS) is 11.5. The number of pyridine rings is 1. The topological polar surface area (TPSA) is 33.1 Å². The minimum Gasteiger partial charge on any atom is -0.508 e. The third kappa shape index (κ3) is 1.99. The maximum absolute atomic E-state index is 9.71. The summed E-state index contributed by atoms with van der Waals surface area (Å²) in [6.07, 6.45) is 0. The average molecular weight is 327 g/mol. The quantitative estimate of drug-likeness (QED) is 0.384. The highest BCUT2D eigenvalue weighted by Crippen LogP contribution is 2.39. The highest BCUT2D eigenvalue weighted by Gasteiger charge is 2.12. The van der Waals surface area contributed by atoms with Crippen molar-refractivity contribution in [1.29, 1.82) is 0 Å². The monoisotopic (exact) mass is 327 g/mol. The number of rotatable bonds is 1. The first-order valence-electron chi connectivity index (χ1n) is 7.80. The van der Waals surface area contributed by atoms with Gasteiger partial charge in [-0.25, -0.2) is 4.98 Å². The zero-order valence-corrected chi connectivity index (χ0v) is 13.5. The Hall–Kier alpha value is -2.91. The molecule has 0 saturated heterocycles. The largest absolute Gasteiger partial charge is 0.508 e. The van der Waals surface area contributed by atoms with Gasteiger partial charge in [0.25, 0.3) is 0 Å². The van der Waals surface area contributed by atoms with Crippen LogP contribution in [-0.2, 0) is 0 Å². The van der Waals surface area contributed by atoms with Crippen molar-refractivity contribution in [2.45, 2.75) is 0 Å². The molecule has 24 heavy (non-hydrogen) atoms. The SMILES string of the molecule is Oc1ccc2cc(-c3nc4ccccc4c4ccccc34)sc2c1. The average Bonchev–Trinajstić information content (AvgIpc) is 3.04. The van der Waals surface area contributed by atoms with Gasteiger partial charge in [0.2, 0.25) is 0 Å². The fourth-order valence-corrected chi connectivity index (χ4v) is 4.33. The molecule has 0 aliphatic carbocycles. The Morgan fingerprint density at radius 3 is 2.38 bits per heavy atom. The Labute approximate surface area is 142 Å². The molecule has 5 aromatic rings. The van der Waals surface area contributed by atoms with Crippen molar-refractivity contribution in [2.24, 2.45) is 0 Å². The van der Waals surface area contributed by atoms with Gasteiger partial charge in [0.15, 0.2) is 0 Å². The lowest BCUT2D eigenvalue weighted by atomic mass is 10.0. The molecule has 0 spiro atoms. The van der Waals surface area contributed by atoms with Crippen LogP contribution in [0.5, 0.6) is 5.75 Å². The Kier molecular flexibility index (Phi) is 2.84. The lowest BCUT2D eigenvalue weighted by Crippen LogP contribution is -1.87. The van der Waals surface area contributed by atoms with Crippen LogP contribution in [0, 0.1) is 0 Å². The Morgan fingerprint density at radius 2 is 1.50 bits per heavy atom. The first-order valence-corrected chi connectivity index (χ1v) is 8.62. The summed E-state index contributed by atoms with van der Waals surface area (Å²) in [5.74, 6) is 0.298. The second-order valence-corrected chi connectivity index (χ2v) is 6.94. The molecule has 3 heteroatoms. The number of phenolic OH excluding ortho intramolecular Hbond substituents is 1. The lowest BCUT2D eigenvalue weighted by molar-refractivity contribution is 0.476. The van der Waals surface area contributed by atoms with Crippen LogP contribution in [0.1, 0.15) is 0 Å². The van der Waals surface area contributed by atoms with Crippen LogP contribution in [-0.4, -0.2) is 10.1 Å². The second-order valence-electron chi connectivity index (χ2n) is 5.86. The van der Waals surface area contributed by atoms with Gasteiger partial charge in [0, 0.05) is 15.5 Å². The molecule has 0 aliphatic heterocycles. The standard InChI is InChI=1S/C21H13NOS/c23-14-10-9-13-11-20(24-19(13)12-14)21-17-7-2-1-5-15(17)16-6-3-4-8-18(16)22-21/h1-12,23H. The van der Waals surface area contributed by atoms with E-state index in [0.29, 0.717) is 5.75 Å². The van der Waals surface area contributed by atoms with E-state index in [-0.39, 0.29) is 0 Å². The molecular weight excluding hydrogens is 314 g/mol. The number of aromatic hydroxyl groups is 1. The summed E-state index contributed by atoms with van der Waals surface area (Å²) in [5.41, 5.74) is 2.01. The van der Waals surface area contributed by atoms with E-state index < -0.39 is 0 Å². The van der Waals surface area contributed by atoms with Crippen LogP contribution >= 0.6 is 11.3 Å². The number of thiophene rings is 1. The number of nitrogens with zero attached hydrogens (tertiary/aromatic N) is 1. The summed E-state index contributed by atoms with van der Waals surface area (Å²) in [6, 6.07) is 24.3. The van der Waals surface area contributed by atoms with Crippen molar-refractivity contribution in [1.82, 2.24) is 4.98 Å². The molecule has 2 aromatic heterocycles. The van der Waals surface area contributed by atoms with Gasteiger partial charge in [-0.05, 0) is 41.1 Å². The van der Waals surface area contributed by atoms with E-state index in [0.717, 1.165) is 31.6 Å². The Morgan fingerprint density at radius 1 is 0.750 bits per heavy atom. The van der Waals surface area contributed by atoms with E-state index in [4.69, 9.17) is 4.98 Å². The molecule has 1 N–H and O–H groups in total. The zero-order valence-electron chi connectivity index (χ0n) is 12.7. The summed E-state index contributed by atoms with van der Waals surface area (Å²) in [5, 5.41) is 14.4. The fraction of sp³-hybridized carbons (Fsp3) is 0. The van der Waals surface area contributed by atoms with E-state index in [1.807, 2.05) is 18.2 Å². The Balaban J connectivity index is 1.89. The summed E-state index contributed by atoms with van der Waals surface area (Å²) >= 11 is 1.67. The number of phenols is 1. The summed E-state index contributed by atoms with van der Waals surface area (Å²) in [7, 11) is 0. The molecule has 0 saturated carbocycles. The van der Waals surface area contributed by atoms with Gasteiger partial charge < -0.3 is 5.11 Å². The van der Waals surface area contributed by atoms with Gasteiger partial charge in [0.1, 0.15) is 5.75 Å². The van der Waals surface area contributed by atoms with Crippen molar-refractivity contribution in [2.75, 3.05) is 0 Å². The highest BCUT2D eigenvalue weighted by molar-refractivity contribution is 7.22. The molecule has 2 nitrogen and oxygen atoms in total. The van der Waals surface area contributed by atoms with Crippen LogP contribution in [0.4, 0.5) is 0 Å². The molecule has 0 bridgehead atoms. The third-order valence-corrected chi connectivity index (χ3v) is 5.45. The maximum Gasteiger partial charge on any atom is 0.117 e. The highest BCUT2D eigenvalue weighted by atomic mass is 32.1. The molecule has 2 heterocycles. The predicted octanol–water partition coefficient (Wildman–Crippen LogP) is 5.98. The van der Waals surface area contributed by atoms with Crippen LogP contribution < -0.4 is 0 Å². The molecule has 114 valence electrons. The summed E-state index contributed by atoms with van der Waals surface area (Å²) < 4.78 is 1.07. The minimum absolute atomic E-state index is 0.298. The van der Waals surface area contributed by atoms with Crippen molar-refractivity contribution in [3.8, 4) is 16.3 Å². The van der Waals surface area contributed by atoms with Gasteiger partial charge in [-0.3, -0.25) is 0 Å². The molecule has 0 fully saturated rings. The number of hydrogen-bond donors (Lipinski definition) is 1. The molecule has 0 unspecified atom stereocenters. The summed E-state index contributed by atoms with van der Waals surface area (Å²) in [6.45, 7) is 0. The number of fused-ring (bicyclic) bond motifs is 4. The van der Waals surface area contributed by atoms with Gasteiger partial charge in [-0.1, -0.05) is 42.5 Å². The van der Waals surface area contributed by atoms with Crippen molar-refractivity contribution >= 4 is 43.1 Å². The van der Waals surface area contributed by atoms with Crippen LogP contribution in [0.3, 0.4) is 0 Å². The van der Waals surface area contributed by atoms with E-state index in [2.05, 4.69) is 48.5 Å². The van der Waals surface area contributed by atoms with Crippen molar-refractivity contribution in [3.05, 3.63) is 72.8 Å². The molecule has 0 atom stereocenters. The number of aromatic nitrogens is 1. The van der Waals surface area contributed by atoms with Gasteiger partial charge in [-0.15, -0.1) is 11.3 Å². The number of para-hydroxylation sites is 1. The second kappa shape index (κ2) is 5.05. The maximum atomic E-state index is 9.71. The number of hydrogen-bond acceptors (Lipinski definition) is 3. The molecular formula is C21H13NOS. The first-order chi connectivity index (χ1) is 11.8. The van der Waals surface area contributed by atoms with Gasteiger partial charge in [0.05, 0.1) is 16.1 Å². The van der Waals surface area contributed by atoms with E-state index >= 15 is 0 Å². The van der Waals surface area contributed by atoms with Crippen molar-refractivity contribution in [3.63, 3.8) is 0 Å². The molecule has 0 aliphatic rings. The minimum atomic E-state index is 0.298. The van der Waals surface area contributed by atoms with Crippen LogP contribution in [0.2, 0.25) is 0 Å². The van der Waals surface area contributed by atoms with E-state index in [9.17, 15) is 5.11 Å². The van der Waals surface area contributed by atoms with Crippen molar-refractivity contribution < 1.29 is 5.11 Å². The summed E-state index contributed by atoms with van der Waals surface area (Å²) in [4.78, 5) is 6.06. The number of benzene rings is 3. The molecule has 5 rings (SSSR count).